The number of carbonyl (C=O) groups is 1. The molecule has 1 rings (SSSR count). The number of amides is 1. The fraction of sp³-hybridized carbons (Fsp3) is 0.462. The van der Waals surface area contributed by atoms with Crippen LogP contribution in [0.4, 0.5) is 0 Å². The van der Waals surface area contributed by atoms with Gasteiger partial charge in [-0.2, -0.15) is 0 Å². The standard InChI is InChI=1S/C13H19BrN2O3S.ClH/c1-9(10-4-3-5-11(14)8-10)16-13(17)12(15)6-7-20(2,18)19;/h3-5,8-9,12H,6-7,15H2,1-2H3,(H,16,17);1H. The van der Waals surface area contributed by atoms with Gasteiger partial charge in [0.25, 0.3) is 0 Å². The van der Waals surface area contributed by atoms with Crippen LogP contribution in [0.25, 0.3) is 0 Å². The van der Waals surface area contributed by atoms with E-state index in [9.17, 15) is 13.2 Å². The molecular formula is C13H20BrClN2O3S. The normalized spacial score (nSPS) is 13.9. The van der Waals surface area contributed by atoms with Gasteiger partial charge in [-0.3, -0.25) is 4.79 Å². The number of benzene rings is 1. The molecule has 2 atom stereocenters. The monoisotopic (exact) mass is 398 g/mol. The van der Waals surface area contributed by atoms with Gasteiger partial charge >= 0.3 is 0 Å². The largest absolute Gasteiger partial charge is 0.348 e. The quantitative estimate of drug-likeness (QED) is 0.763. The summed E-state index contributed by atoms with van der Waals surface area (Å²) in [4.78, 5) is 11.9. The van der Waals surface area contributed by atoms with Gasteiger partial charge in [-0.25, -0.2) is 8.42 Å². The average molecular weight is 400 g/mol. The second-order valence-electron chi connectivity index (χ2n) is 4.81. The van der Waals surface area contributed by atoms with Crippen LogP contribution in [0.2, 0.25) is 0 Å². The first-order valence-electron chi connectivity index (χ1n) is 6.18. The molecule has 0 heterocycles. The highest BCUT2D eigenvalue weighted by Gasteiger charge is 2.18. The molecule has 5 nitrogen and oxygen atoms in total. The minimum Gasteiger partial charge on any atom is -0.348 e. The third-order valence-corrected chi connectivity index (χ3v) is 4.31. The number of carbonyl (C=O) groups excluding carboxylic acids is 1. The van der Waals surface area contributed by atoms with Gasteiger partial charge in [-0.1, -0.05) is 28.1 Å². The first kappa shape index (κ1) is 20.4. The van der Waals surface area contributed by atoms with Crippen molar-refractivity contribution in [3.63, 3.8) is 0 Å². The Kier molecular flexibility index (Phi) is 8.46. The van der Waals surface area contributed by atoms with Crippen molar-refractivity contribution in [2.45, 2.75) is 25.4 Å². The molecule has 2 unspecified atom stereocenters. The Morgan fingerprint density at radius 1 is 1.43 bits per heavy atom. The van der Waals surface area contributed by atoms with Gasteiger partial charge in [-0.05, 0) is 31.0 Å². The summed E-state index contributed by atoms with van der Waals surface area (Å²) in [5.74, 6) is -0.437. The lowest BCUT2D eigenvalue weighted by atomic mass is 10.1. The second-order valence-corrected chi connectivity index (χ2v) is 7.99. The van der Waals surface area contributed by atoms with Crippen LogP contribution in [-0.4, -0.2) is 32.4 Å². The Morgan fingerprint density at radius 2 is 2.05 bits per heavy atom. The van der Waals surface area contributed by atoms with E-state index in [2.05, 4.69) is 21.2 Å². The summed E-state index contributed by atoms with van der Waals surface area (Å²) >= 11 is 3.37. The topological polar surface area (TPSA) is 89.3 Å². The predicted octanol–water partition coefficient (Wildman–Crippen LogP) is 1.81. The summed E-state index contributed by atoms with van der Waals surface area (Å²) in [6, 6.07) is 6.58. The Bertz CT molecular complexity index is 581. The fourth-order valence-corrected chi connectivity index (χ4v) is 2.75. The smallest absolute Gasteiger partial charge is 0.237 e. The van der Waals surface area contributed by atoms with Crippen molar-refractivity contribution in [1.29, 1.82) is 0 Å². The lowest BCUT2D eigenvalue weighted by Gasteiger charge is -2.18. The van der Waals surface area contributed by atoms with E-state index in [1.807, 2.05) is 31.2 Å². The molecule has 0 aliphatic carbocycles. The van der Waals surface area contributed by atoms with Crippen molar-refractivity contribution in [3.8, 4) is 0 Å². The number of rotatable bonds is 6. The van der Waals surface area contributed by atoms with Gasteiger partial charge < -0.3 is 11.1 Å². The molecule has 0 saturated carbocycles. The number of halogens is 2. The van der Waals surface area contributed by atoms with Crippen molar-refractivity contribution in [3.05, 3.63) is 34.3 Å². The van der Waals surface area contributed by atoms with Crippen LogP contribution < -0.4 is 11.1 Å². The lowest BCUT2D eigenvalue weighted by molar-refractivity contribution is -0.123. The second kappa shape index (κ2) is 8.73. The lowest BCUT2D eigenvalue weighted by Crippen LogP contribution is -2.42. The van der Waals surface area contributed by atoms with E-state index in [1.165, 1.54) is 0 Å². The molecule has 0 aromatic heterocycles. The molecule has 0 radical (unpaired) electrons. The summed E-state index contributed by atoms with van der Waals surface area (Å²) in [5.41, 5.74) is 6.64. The van der Waals surface area contributed by atoms with E-state index in [4.69, 9.17) is 5.73 Å². The SMILES string of the molecule is CC(NC(=O)C(N)CCS(C)(=O)=O)c1cccc(Br)c1.Cl. The summed E-state index contributed by atoms with van der Waals surface area (Å²) in [6.45, 7) is 1.85. The minimum atomic E-state index is -3.11. The molecule has 120 valence electrons. The molecule has 1 amide bonds. The molecular weight excluding hydrogens is 380 g/mol. The first-order chi connectivity index (χ1) is 9.19. The van der Waals surface area contributed by atoms with Gasteiger partial charge in [0, 0.05) is 10.7 Å². The summed E-state index contributed by atoms with van der Waals surface area (Å²) < 4.78 is 23.0. The maximum Gasteiger partial charge on any atom is 0.237 e. The molecule has 1 aromatic rings. The molecule has 0 bridgehead atoms. The van der Waals surface area contributed by atoms with Crippen LogP contribution in [0.5, 0.6) is 0 Å². The maximum absolute atomic E-state index is 11.9. The van der Waals surface area contributed by atoms with Gasteiger partial charge in [0.05, 0.1) is 17.8 Å². The molecule has 21 heavy (non-hydrogen) atoms. The highest BCUT2D eigenvalue weighted by molar-refractivity contribution is 9.10. The first-order valence-corrected chi connectivity index (χ1v) is 9.03. The molecule has 0 aliphatic heterocycles. The van der Waals surface area contributed by atoms with Crippen LogP contribution in [0.15, 0.2) is 28.7 Å². The van der Waals surface area contributed by atoms with Gasteiger partial charge in [-0.15, -0.1) is 12.4 Å². The van der Waals surface area contributed by atoms with E-state index < -0.39 is 15.9 Å². The van der Waals surface area contributed by atoms with Crippen molar-refractivity contribution in [1.82, 2.24) is 5.32 Å². The Morgan fingerprint density at radius 3 is 2.57 bits per heavy atom. The van der Waals surface area contributed by atoms with Crippen LogP contribution in [0, 0.1) is 0 Å². The number of nitrogens with one attached hydrogen (secondary N) is 1. The Labute approximate surface area is 140 Å². The van der Waals surface area contributed by atoms with Crippen LogP contribution >= 0.6 is 28.3 Å². The highest BCUT2D eigenvalue weighted by atomic mass is 79.9. The van der Waals surface area contributed by atoms with Gasteiger partial charge in [0.15, 0.2) is 0 Å². The zero-order valence-electron chi connectivity index (χ0n) is 11.9. The van der Waals surface area contributed by atoms with Crippen molar-refractivity contribution >= 4 is 44.1 Å². The van der Waals surface area contributed by atoms with Crippen LogP contribution in [0.1, 0.15) is 24.9 Å². The minimum absolute atomic E-state index is 0. The summed E-state index contributed by atoms with van der Waals surface area (Å²) in [6.07, 6.45) is 1.25. The molecule has 0 spiro atoms. The number of hydrogen-bond acceptors (Lipinski definition) is 4. The van der Waals surface area contributed by atoms with Gasteiger partial charge in [0.1, 0.15) is 9.84 Å². The van der Waals surface area contributed by atoms with E-state index in [1.54, 1.807) is 0 Å². The van der Waals surface area contributed by atoms with E-state index in [-0.39, 0.29) is 36.5 Å². The zero-order valence-corrected chi connectivity index (χ0v) is 15.1. The van der Waals surface area contributed by atoms with Crippen LogP contribution in [0.3, 0.4) is 0 Å². The molecule has 1 aromatic carbocycles. The number of sulfone groups is 1. The molecule has 0 saturated heterocycles. The summed E-state index contributed by atoms with van der Waals surface area (Å²) in [7, 11) is -3.11. The molecule has 3 N–H and O–H groups in total. The van der Waals surface area contributed by atoms with E-state index in [0.29, 0.717) is 0 Å². The molecule has 8 heteroatoms. The Hall–Kier alpha value is -0.630. The maximum atomic E-state index is 11.9. The fourth-order valence-electron chi connectivity index (χ4n) is 1.65. The number of nitrogens with two attached hydrogens (primary N) is 1. The van der Waals surface area contributed by atoms with Crippen molar-refractivity contribution in [2.24, 2.45) is 5.73 Å². The average Bonchev–Trinajstić information content (AvgIpc) is 2.34. The van der Waals surface area contributed by atoms with Crippen molar-refractivity contribution < 1.29 is 13.2 Å². The molecule has 0 aliphatic rings. The number of hydrogen-bond donors (Lipinski definition) is 2. The van der Waals surface area contributed by atoms with Crippen LogP contribution in [-0.2, 0) is 14.6 Å². The zero-order chi connectivity index (χ0) is 15.3. The van der Waals surface area contributed by atoms with E-state index in [0.717, 1.165) is 16.3 Å². The predicted molar refractivity (Wildman–Crippen MR) is 90.3 cm³/mol. The third-order valence-electron chi connectivity index (χ3n) is 2.84. The van der Waals surface area contributed by atoms with Gasteiger partial charge in [0.2, 0.25) is 5.91 Å². The highest BCUT2D eigenvalue weighted by Crippen LogP contribution is 2.17. The van der Waals surface area contributed by atoms with Crippen molar-refractivity contribution in [2.75, 3.05) is 12.0 Å². The third kappa shape index (κ3) is 7.80. The molecule has 0 fully saturated rings. The van der Waals surface area contributed by atoms with E-state index >= 15 is 0 Å². The summed E-state index contributed by atoms with van der Waals surface area (Å²) in [5, 5.41) is 2.78. The Balaban J connectivity index is 0.00000400.